The zero-order valence-electron chi connectivity index (χ0n) is 16.4. The maximum atomic E-state index is 6.22. The first kappa shape index (κ1) is 17.9. The summed E-state index contributed by atoms with van der Waals surface area (Å²) in [6, 6.07) is 26.3. The van der Waals surface area contributed by atoms with Gasteiger partial charge in [0.15, 0.2) is 0 Å². The fraction of sp³-hybridized carbons (Fsp3) is 0.0400. The van der Waals surface area contributed by atoms with Crippen LogP contribution in [-0.2, 0) is 0 Å². The van der Waals surface area contributed by atoms with Crippen molar-refractivity contribution in [3.05, 3.63) is 85.2 Å². The Hall–Kier alpha value is -4.12. The Morgan fingerprint density at radius 3 is 2.07 bits per heavy atom. The molecule has 0 radical (unpaired) electrons. The van der Waals surface area contributed by atoms with Crippen molar-refractivity contribution in [3.63, 3.8) is 0 Å². The number of nitrogens with zero attached hydrogens (tertiary/aromatic N) is 2. The second kappa shape index (κ2) is 7.37. The Balaban J connectivity index is 1.69. The quantitative estimate of drug-likeness (QED) is 0.417. The lowest BCUT2D eigenvalue weighted by Crippen LogP contribution is -1.92. The molecule has 30 heavy (non-hydrogen) atoms. The highest BCUT2D eigenvalue weighted by atomic mass is 16.5. The van der Waals surface area contributed by atoms with Crippen molar-refractivity contribution in [2.45, 2.75) is 0 Å². The van der Waals surface area contributed by atoms with Gasteiger partial charge >= 0.3 is 0 Å². The molecule has 5 aromatic rings. The van der Waals surface area contributed by atoms with Gasteiger partial charge in [0.1, 0.15) is 23.7 Å². The molecular formula is C25H19N3O2. The summed E-state index contributed by atoms with van der Waals surface area (Å²) in [6.45, 7) is 0. The van der Waals surface area contributed by atoms with Gasteiger partial charge in [-0.3, -0.25) is 0 Å². The van der Waals surface area contributed by atoms with Gasteiger partial charge in [-0.05, 0) is 41.0 Å². The van der Waals surface area contributed by atoms with Crippen molar-refractivity contribution < 1.29 is 9.15 Å². The Kier molecular flexibility index (Phi) is 4.41. The van der Waals surface area contributed by atoms with E-state index in [4.69, 9.17) is 14.9 Å². The topological polar surface area (TPSA) is 74.2 Å². The van der Waals surface area contributed by atoms with Gasteiger partial charge in [0.2, 0.25) is 5.71 Å². The van der Waals surface area contributed by atoms with Crippen molar-refractivity contribution in [2.75, 3.05) is 12.8 Å². The van der Waals surface area contributed by atoms with Crippen LogP contribution in [0.25, 0.3) is 44.7 Å². The molecule has 3 aromatic carbocycles. The molecule has 2 N–H and O–H groups in total. The number of furan rings is 1. The molecule has 5 nitrogen and oxygen atoms in total. The Morgan fingerprint density at radius 1 is 0.733 bits per heavy atom. The maximum absolute atomic E-state index is 6.22. The molecule has 0 aliphatic carbocycles. The van der Waals surface area contributed by atoms with Crippen molar-refractivity contribution in [3.8, 4) is 39.3 Å². The molecule has 5 rings (SSSR count). The summed E-state index contributed by atoms with van der Waals surface area (Å²) in [7, 11) is 1.65. The molecule has 146 valence electrons. The fourth-order valence-corrected chi connectivity index (χ4v) is 3.64. The van der Waals surface area contributed by atoms with E-state index >= 15 is 0 Å². The summed E-state index contributed by atoms with van der Waals surface area (Å²) in [4.78, 5) is 8.47. The molecule has 0 spiro atoms. The van der Waals surface area contributed by atoms with E-state index in [0.717, 1.165) is 33.4 Å². The molecule has 2 aromatic heterocycles. The number of hydrogen-bond acceptors (Lipinski definition) is 5. The minimum atomic E-state index is 0.394. The molecule has 2 heterocycles. The van der Waals surface area contributed by atoms with E-state index < -0.39 is 0 Å². The summed E-state index contributed by atoms with van der Waals surface area (Å²) in [6.07, 6.45) is 1.42. The minimum Gasteiger partial charge on any atom is -0.497 e. The number of fused-ring (bicyclic) bond motifs is 1. The van der Waals surface area contributed by atoms with Gasteiger partial charge in [-0.2, -0.15) is 0 Å². The van der Waals surface area contributed by atoms with Gasteiger partial charge in [-0.15, -0.1) is 0 Å². The van der Waals surface area contributed by atoms with E-state index in [-0.39, 0.29) is 0 Å². The molecule has 0 fully saturated rings. The summed E-state index contributed by atoms with van der Waals surface area (Å²) in [5, 5.41) is 0.718. The van der Waals surface area contributed by atoms with Gasteiger partial charge < -0.3 is 14.9 Å². The molecule has 0 unspecified atom stereocenters. The van der Waals surface area contributed by atoms with Crippen LogP contribution >= 0.6 is 0 Å². The van der Waals surface area contributed by atoms with Gasteiger partial charge in [0, 0.05) is 11.1 Å². The van der Waals surface area contributed by atoms with Crippen LogP contribution in [-0.4, -0.2) is 17.1 Å². The lowest BCUT2D eigenvalue weighted by atomic mass is 9.97. The van der Waals surface area contributed by atoms with E-state index in [2.05, 4.69) is 46.4 Å². The Labute approximate surface area is 173 Å². The third-order valence-electron chi connectivity index (χ3n) is 5.15. The summed E-state index contributed by atoms with van der Waals surface area (Å²) >= 11 is 0. The molecule has 0 saturated carbocycles. The predicted octanol–water partition coefficient (Wildman–Crippen LogP) is 5.81. The number of benzene rings is 3. The third-order valence-corrected chi connectivity index (χ3v) is 5.15. The first-order chi connectivity index (χ1) is 14.7. The van der Waals surface area contributed by atoms with Crippen LogP contribution in [0.1, 0.15) is 0 Å². The maximum Gasteiger partial charge on any atom is 0.232 e. The zero-order valence-corrected chi connectivity index (χ0v) is 16.4. The molecule has 0 amide bonds. The van der Waals surface area contributed by atoms with Crippen LogP contribution in [0.2, 0.25) is 0 Å². The number of aromatic nitrogens is 2. The van der Waals surface area contributed by atoms with Gasteiger partial charge in [-0.25, -0.2) is 9.97 Å². The summed E-state index contributed by atoms with van der Waals surface area (Å²) in [5.41, 5.74) is 11.8. The van der Waals surface area contributed by atoms with Crippen molar-refractivity contribution >= 4 is 16.9 Å². The lowest BCUT2D eigenvalue weighted by molar-refractivity contribution is 0.415. The molecule has 0 bridgehead atoms. The van der Waals surface area contributed by atoms with E-state index in [0.29, 0.717) is 17.3 Å². The van der Waals surface area contributed by atoms with Gasteiger partial charge in [-0.1, -0.05) is 54.6 Å². The molecular weight excluding hydrogens is 374 g/mol. The Morgan fingerprint density at radius 2 is 1.37 bits per heavy atom. The Bertz CT molecular complexity index is 1310. The van der Waals surface area contributed by atoms with E-state index in [1.54, 1.807) is 7.11 Å². The number of methoxy groups -OCH3 is 1. The largest absolute Gasteiger partial charge is 0.497 e. The highest BCUT2D eigenvalue weighted by Gasteiger charge is 2.21. The summed E-state index contributed by atoms with van der Waals surface area (Å²) < 4.78 is 11.4. The minimum absolute atomic E-state index is 0.394. The zero-order chi connectivity index (χ0) is 20.5. The number of rotatable bonds is 4. The van der Waals surface area contributed by atoms with Crippen LogP contribution in [0, 0.1) is 0 Å². The third kappa shape index (κ3) is 3.06. The summed E-state index contributed by atoms with van der Waals surface area (Å²) in [5.74, 6) is 1.88. The normalized spacial score (nSPS) is 11.0. The molecule has 0 saturated heterocycles. The second-order valence-electron chi connectivity index (χ2n) is 6.92. The number of nitrogen functional groups attached to an aromatic ring is 1. The second-order valence-corrected chi connectivity index (χ2v) is 6.92. The standard InChI is InChI=1S/C25H19N3O2/c1-29-20-13-11-19(12-14-20)23-21(22-24(26)27-15-28-25(22)30-23)18-9-7-17(8-10-18)16-5-3-2-4-6-16/h2-15H,1H3,(H2,26,27,28). The van der Waals surface area contributed by atoms with Crippen molar-refractivity contribution in [1.82, 2.24) is 9.97 Å². The van der Waals surface area contributed by atoms with E-state index in [1.807, 2.05) is 42.5 Å². The molecule has 0 atom stereocenters. The van der Waals surface area contributed by atoms with Gasteiger partial charge in [0.25, 0.3) is 0 Å². The van der Waals surface area contributed by atoms with E-state index in [1.165, 1.54) is 11.9 Å². The van der Waals surface area contributed by atoms with E-state index in [9.17, 15) is 0 Å². The molecule has 5 heteroatoms. The number of anilines is 1. The molecule has 0 aliphatic rings. The number of nitrogens with two attached hydrogens (primary N) is 1. The average Bonchev–Trinajstić information content (AvgIpc) is 3.21. The van der Waals surface area contributed by atoms with Crippen LogP contribution < -0.4 is 10.5 Å². The highest BCUT2D eigenvalue weighted by Crippen LogP contribution is 2.42. The lowest BCUT2D eigenvalue weighted by Gasteiger charge is -2.07. The molecule has 0 aliphatic heterocycles. The smallest absolute Gasteiger partial charge is 0.232 e. The first-order valence-electron chi connectivity index (χ1n) is 9.58. The number of ether oxygens (including phenoxy) is 1. The first-order valence-corrected chi connectivity index (χ1v) is 9.58. The highest BCUT2D eigenvalue weighted by molar-refractivity contribution is 6.05. The van der Waals surface area contributed by atoms with Crippen molar-refractivity contribution in [2.24, 2.45) is 0 Å². The fourth-order valence-electron chi connectivity index (χ4n) is 3.64. The van der Waals surface area contributed by atoms with Gasteiger partial charge in [0.05, 0.1) is 12.5 Å². The van der Waals surface area contributed by atoms with Crippen LogP contribution in [0.3, 0.4) is 0 Å². The van der Waals surface area contributed by atoms with Crippen LogP contribution in [0.5, 0.6) is 5.75 Å². The van der Waals surface area contributed by atoms with Crippen LogP contribution in [0.4, 0.5) is 5.82 Å². The monoisotopic (exact) mass is 393 g/mol. The van der Waals surface area contributed by atoms with Crippen molar-refractivity contribution in [1.29, 1.82) is 0 Å². The number of hydrogen-bond donors (Lipinski definition) is 1. The van der Waals surface area contributed by atoms with Crippen LogP contribution in [0.15, 0.2) is 89.6 Å². The SMILES string of the molecule is COc1ccc(-c2oc3ncnc(N)c3c2-c2ccc(-c3ccccc3)cc2)cc1. The predicted molar refractivity (Wildman–Crippen MR) is 119 cm³/mol. The average molecular weight is 393 g/mol.